The molecule has 5 nitrogen and oxygen atoms in total. The van der Waals surface area contributed by atoms with Gasteiger partial charge < -0.3 is 14.8 Å². The van der Waals surface area contributed by atoms with E-state index < -0.39 is 5.97 Å². The molecule has 3 rings (SSSR count). The quantitative estimate of drug-likeness (QED) is 0.472. The summed E-state index contributed by atoms with van der Waals surface area (Å²) in [5, 5.41) is 3.76. The molecule has 0 aliphatic carbocycles. The monoisotopic (exact) mass is 443 g/mol. The molecule has 0 saturated carbocycles. The van der Waals surface area contributed by atoms with Gasteiger partial charge in [0.05, 0.1) is 7.11 Å². The van der Waals surface area contributed by atoms with Crippen LogP contribution >= 0.6 is 22.9 Å². The summed E-state index contributed by atoms with van der Waals surface area (Å²) in [7, 11) is 1.31. The Balaban J connectivity index is 1.81. The molecule has 0 bridgehead atoms. The first-order valence-electron chi connectivity index (χ1n) is 9.42. The fraction of sp³-hybridized carbons (Fsp3) is 0.217. The van der Waals surface area contributed by atoms with Gasteiger partial charge in [0, 0.05) is 15.5 Å². The van der Waals surface area contributed by atoms with Crippen molar-refractivity contribution in [3.63, 3.8) is 0 Å². The number of methoxy groups -OCH3 is 1. The lowest BCUT2D eigenvalue weighted by Crippen LogP contribution is -2.21. The lowest BCUT2D eigenvalue weighted by Gasteiger charge is -2.09. The van der Waals surface area contributed by atoms with Gasteiger partial charge in [0.15, 0.2) is 6.61 Å². The minimum atomic E-state index is -0.527. The number of thiophene rings is 1. The highest BCUT2D eigenvalue weighted by Gasteiger charge is 2.25. The summed E-state index contributed by atoms with van der Waals surface area (Å²) in [4.78, 5) is 25.9. The number of halogens is 1. The number of anilines is 1. The van der Waals surface area contributed by atoms with Gasteiger partial charge in [0.2, 0.25) is 0 Å². The molecule has 0 spiro atoms. The average Bonchev–Trinajstić information content (AvgIpc) is 3.07. The van der Waals surface area contributed by atoms with Crippen molar-refractivity contribution in [3.05, 3.63) is 69.6 Å². The normalized spacial score (nSPS) is 10.5. The van der Waals surface area contributed by atoms with Crippen LogP contribution in [0.15, 0.2) is 48.5 Å². The summed E-state index contributed by atoms with van der Waals surface area (Å²) in [5.41, 5.74) is 2.98. The molecular weight excluding hydrogens is 422 g/mol. The third-order valence-corrected chi connectivity index (χ3v) is 5.80. The number of esters is 1. The summed E-state index contributed by atoms with van der Waals surface area (Å²) < 4.78 is 10.5. The number of hydrogen-bond acceptors (Lipinski definition) is 5. The minimum absolute atomic E-state index is 0.171. The highest BCUT2D eigenvalue weighted by Crippen LogP contribution is 2.40. The molecule has 30 heavy (non-hydrogen) atoms. The Morgan fingerprint density at radius 1 is 1.13 bits per heavy atom. The molecule has 1 aromatic heterocycles. The molecule has 0 aliphatic rings. The Hall–Kier alpha value is -2.83. The van der Waals surface area contributed by atoms with Gasteiger partial charge in [-0.3, -0.25) is 4.79 Å². The Morgan fingerprint density at radius 3 is 2.50 bits per heavy atom. The maximum Gasteiger partial charge on any atom is 0.341 e. The van der Waals surface area contributed by atoms with Crippen molar-refractivity contribution in [2.75, 3.05) is 19.0 Å². The molecule has 7 heteroatoms. The zero-order valence-electron chi connectivity index (χ0n) is 17.0. The van der Waals surface area contributed by atoms with Crippen molar-refractivity contribution in [1.82, 2.24) is 0 Å². The first-order chi connectivity index (χ1) is 14.4. The predicted molar refractivity (Wildman–Crippen MR) is 121 cm³/mol. The minimum Gasteiger partial charge on any atom is -0.484 e. The van der Waals surface area contributed by atoms with Gasteiger partial charge in [-0.25, -0.2) is 4.79 Å². The van der Waals surface area contributed by atoms with E-state index in [0.29, 0.717) is 26.9 Å². The number of ether oxygens (including phenoxy) is 2. The maximum atomic E-state index is 12.5. The second-order valence-electron chi connectivity index (χ2n) is 6.57. The highest BCUT2D eigenvalue weighted by atomic mass is 35.5. The lowest BCUT2D eigenvalue weighted by atomic mass is 10.0. The van der Waals surface area contributed by atoms with Crippen LogP contribution < -0.4 is 10.1 Å². The molecule has 0 radical (unpaired) electrons. The van der Waals surface area contributed by atoms with Crippen LogP contribution in [-0.4, -0.2) is 25.6 Å². The highest BCUT2D eigenvalue weighted by molar-refractivity contribution is 7.17. The summed E-state index contributed by atoms with van der Waals surface area (Å²) >= 11 is 7.43. The molecule has 0 aliphatic heterocycles. The molecule has 156 valence electrons. The Labute approximate surface area is 184 Å². The third-order valence-electron chi connectivity index (χ3n) is 4.54. The first kappa shape index (κ1) is 21.9. The van der Waals surface area contributed by atoms with E-state index in [0.717, 1.165) is 16.9 Å². The number of benzene rings is 2. The molecule has 0 saturated heterocycles. The number of carbonyl (C=O) groups excluding carboxylic acids is 2. The standard InChI is InChI=1S/C23H22ClNO4S/c1-4-15-8-10-18(11-9-15)29-13-19(26)25-22-21(23(27)28-3)20(14(2)30-22)16-6-5-7-17(24)12-16/h5-12H,4,13H2,1-3H3,(H,25,26). The van der Waals surface area contributed by atoms with Crippen molar-refractivity contribution in [2.45, 2.75) is 20.3 Å². The average molecular weight is 444 g/mol. The van der Waals surface area contributed by atoms with Crippen LogP contribution in [0.4, 0.5) is 5.00 Å². The summed E-state index contributed by atoms with van der Waals surface area (Å²) in [6, 6.07) is 14.8. The van der Waals surface area contributed by atoms with Crippen molar-refractivity contribution in [3.8, 4) is 16.9 Å². The molecule has 0 unspecified atom stereocenters. The van der Waals surface area contributed by atoms with Crippen molar-refractivity contribution in [2.24, 2.45) is 0 Å². The van der Waals surface area contributed by atoms with E-state index in [4.69, 9.17) is 21.1 Å². The van der Waals surface area contributed by atoms with E-state index in [2.05, 4.69) is 12.2 Å². The fourth-order valence-electron chi connectivity index (χ4n) is 3.05. The topological polar surface area (TPSA) is 64.6 Å². The Kier molecular flexibility index (Phi) is 7.13. The number of rotatable bonds is 7. The molecule has 1 heterocycles. The second kappa shape index (κ2) is 9.78. The van der Waals surface area contributed by atoms with E-state index in [-0.39, 0.29) is 12.5 Å². The Bertz CT molecular complexity index is 1060. The van der Waals surface area contributed by atoms with Gasteiger partial charge >= 0.3 is 5.97 Å². The number of hydrogen-bond donors (Lipinski definition) is 1. The van der Waals surface area contributed by atoms with E-state index in [1.807, 2.05) is 43.3 Å². The fourth-order valence-corrected chi connectivity index (χ4v) is 4.32. The number of nitrogens with one attached hydrogen (secondary N) is 1. The Morgan fingerprint density at radius 2 is 1.87 bits per heavy atom. The zero-order valence-corrected chi connectivity index (χ0v) is 18.5. The van der Waals surface area contributed by atoms with Crippen LogP contribution in [-0.2, 0) is 16.0 Å². The van der Waals surface area contributed by atoms with Crippen LogP contribution in [0, 0.1) is 6.92 Å². The molecule has 1 N–H and O–H groups in total. The van der Waals surface area contributed by atoms with Crippen molar-refractivity contribution in [1.29, 1.82) is 0 Å². The summed E-state index contributed by atoms with van der Waals surface area (Å²) in [6.07, 6.45) is 0.934. The summed E-state index contributed by atoms with van der Waals surface area (Å²) in [5.74, 6) is -0.281. The van der Waals surface area contributed by atoms with Crippen LogP contribution in [0.3, 0.4) is 0 Å². The maximum absolute atomic E-state index is 12.5. The van der Waals surface area contributed by atoms with Crippen LogP contribution in [0.5, 0.6) is 5.75 Å². The predicted octanol–water partition coefficient (Wildman–Crippen LogP) is 5.74. The van der Waals surface area contributed by atoms with Gasteiger partial charge in [-0.15, -0.1) is 11.3 Å². The van der Waals surface area contributed by atoms with E-state index >= 15 is 0 Å². The van der Waals surface area contributed by atoms with Gasteiger partial charge in [0.25, 0.3) is 5.91 Å². The molecule has 0 fully saturated rings. The summed E-state index contributed by atoms with van der Waals surface area (Å²) in [6.45, 7) is 3.78. The number of amides is 1. The van der Waals surface area contributed by atoms with E-state index in [9.17, 15) is 9.59 Å². The van der Waals surface area contributed by atoms with Gasteiger partial charge in [-0.05, 0) is 48.7 Å². The molecule has 0 atom stereocenters. The molecule has 3 aromatic rings. The molecular formula is C23H22ClNO4S. The van der Waals surface area contributed by atoms with Crippen molar-refractivity contribution < 1.29 is 19.1 Å². The second-order valence-corrected chi connectivity index (χ2v) is 8.23. The van der Waals surface area contributed by atoms with Gasteiger partial charge in [0.1, 0.15) is 16.3 Å². The van der Waals surface area contributed by atoms with Crippen molar-refractivity contribution >= 4 is 39.8 Å². The molecule has 1 amide bonds. The van der Waals surface area contributed by atoms with E-state index in [1.165, 1.54) is 24.0 Å². The smallest absolute Gasteiger partial charge is 0.341 e. The van der Waals surface area contributed by atoms with Gasteiger partial charge in [-0.2, -0.15) is 0 Å². The zero-order chi connectivity index (χ0) is 21.7. The van der Waals surface area contributed by atoms with Crippen LogP contribution in [0.25, 0.3) is 11.1 Å². The number of carbonyl (C=O) groups is 2. The SMILES string of the molecule is CCc1ccc(OCC(=O)Nc2sc(C)c(-c3cccc(Cl)c3)c2C(=O)OC)cc1. The van der Waals surface area contributed by atoms with Crippen LogP contribution in [0.2, 0.25) is 5.02 Å². The lowest BCUT2D eigenvalue weighted by molar-refractivity contribution is -0.118. The third kappa shape index (κ3) is 5.01. The first-order valence-corrected chi connectivity index (χ1v) is 10.6. The molecule has 2 aromatic carbocycles. The van der Waals surface area contributed by atoms with Crippen LogP contribution in [0.1, 0.15) is 27.7 Å². The largest absolute Gasteiger partial charge is 0.484 e. The van der Waals surface area contributed by atoms with Gasteiger partial charge in [-0.1, -0.05) is 42.8 Å². The number of aryl methyl sites for hydroxylation is 2. The van der Waals surface area contributed by atoms with E-state index in [1.54, 1.807) is 12.1 Å².